The molecule has 2 aromatic rings. The van der Waals surface area contributed by atoms with Gasteiger partial charge >= 0.3 is 5.97 Å². The lowest BCUT2D eigenvalue weighted by Gasteiger charge is -2.05. The average Bonchev–Trinajstić information content (AvgIpc) is 2.70. The van der Waals surface area contributed by atoms with Gasteiger partial charge in [0.2, 0.25) is 0 Å². The van der Waals surface area contributed by atoms with E-state index in [2.05, 4.69) is 6.58 Å². The number of hydrogen-bond donors (Lipinski definition) is 0. The molecule has 0 aliphatic heterocycles. The summed E-state index contributed by atoms with van der Waals surface area (Å²) in [5, 5.41) is 0. The second-order valence-corrected chi connectivity index (χ2v) is 6.33. The Morgan fingerprint density at radius 1 is 0.808 bits per heavy atom. The van der Waals surface area contributed by atoms with Gasteiger partial charge in [0.25, 0.3) is 0 Å². The summed E-state index contributed by atoms with van der Waals surface area (Å²) in [7, 11) is 0. The first-order valence-corrected chi connectivity index (χ1v) is 9.41. The highest BCUT2D eigenvalue weighted by atomic mass is 17.2. The quantitative estimate of drug-likeness (QED) is 0.193. The number of rotatable bonds is 12. The number of benzene rings is 2. The van der Waals surface area contributed by atoms with Crippen LogP contribution in [-0.4, -0.2) is 12.6 Å². The Morgan fingerprint density at radius 3 is 2.12 bits per heavy atom. The predicted molar refractivity (Wildman–Crippen MR) is 106 cm³/mol. The molecule has 0 saturated carbocycles. The third-order valence-electron chi connectivity index (χ3n) is 4.25. The highest BCUT2D eigenvalue weighted by molar-refractivity contribution is 5.89. The van der Waals surface area contributed by atoms with Crippen LogP contribution in [0.4, 0.5) is 0 Å². The number of hydrogen-bond acceptors (Lipinski definition) is 3. The molecule has 0 aliphatic rings. The van der Waals surface area contributed by atoms with Crippen LogP contribution in [0.15, 0.2) is 67.3 Å². The van der Waals surface area contributed by atoms with E-state index < -0.39 is 5.97 Å². The monoisotopic (exact) mass is 352 g/mol. The molecule has 138 valence electrons. The van der Waals surface area contributed by atoms with Gasteiger partial charge in [-0.1, -0.05) is 74.2 Å². The standard InChI is InChI=1S/C23H28O3/c1-2-3-4-5-6-7-8-12-19-25-26-23(24)22-17-15-21(16-18-22)20-13-10-9-11-14-20/h2,9-11,13-18H,1,3-8,12,19H2. The van der Waals surface area contributed by atoms with Crippen molar-refractivity contribution in [3.8, 4) is 11.1 Å². The molecular weight excluding hydrogens is 324 g/mol. The zero-order valence-corrected chi connectivity index (χ0v) is 15.4. The fourth-order valence-electron chi connectivity index (χ4n) is 2.73. The van der Waals surface area contributed by atoms with Crippen molar-refractivity contribution in [2.75, 3.05) is 6.61 Å². The van der Waals surface area contributed by atoms with Crippen molar-refractivity contribution in [3.05, 3.63) is 72.8 Å². The molecule has 2 rings (SSSR count). The Hall–Kier alpha value is -2.39. The highest BCUT2D eigenvalue weighted by Crippen LogP contribution is 2.19. The normalized spacial score (nSPS) is 10.5. The van der Waals surface area contributed by atoms with E-state index >= 15 is 0 Å². The number of unbranched alkanes of at least 4 members (excludes halogenated alkanes) is 6. The Bertz CT molecular complexity index is 647. The van der Waals surface area contributed by atoms with Crippen LogP contribution < -0.4 is 0 Å². The summed E-state index contributed by atoms with van der Waals surface area (Å²) < 4.78 is 0. The van der Waals surface area contributed by atoms with Gasteiger partial charge in [0, 0.05) is 0 Å². The van der Waals surface area contributed by atoms with Crippen molar-refractivity contribution in [3.63, 3.8) is 0 Å². The molecule has 0 aromatic heterocycles. The lowest BCUT2D eigenvalue weighted by atomic mass is 10.0. The van der Waals surface area contributed by atoms with Crippen molar-refractivity contribution in [1.82, 2.24) is 0 Å². The van der Waals surface area contributed by atoms with E-state index in [1.165, 1.54) is 25.7 Å². The second kappa shape index (κ2) is 12.0. The summed E-state index contributed by atoms with van der Waals surface area (Å²) in [6, 6.07) is 17.4. The second-order valence-electron chi connectivity index (χ2n) is 6.33. The Morgan fingerprint density at radius 2 is 1.42 bits per heavy atom. The molecule has 26 heavy (non-hydrogen) atoms. The minimum absolute atomic E-state index is 0.445. The molecular formula is C23H28O3. The van der Waals surface area contributed by atoms with Crippen LogP contribution in [0.1, 0.15) is 55.3 Å². The maximum atomic E-state index is 12.0. The van der Waals surface area contributed by atoms with Gasteiger partial charge in [-0.25, -0.2) is 4.79 Å². The maximum absolute atomic E-state index is 12.0. The predicted octanol–water partition coefficient (Wildman–Crippen LogP) is 6.36. The molecule has 0 heterocycles. The molecule has 0 spiro atoms. The van der Waals surface area contributed by atoms with Crippen LogP contribution in [-0.2, 0) is 9.78 Å². The molecule has 2 aromatic carbocycles. The SMILES string of the molecule is C=CCCCCCCCCOOC(=O)c1ccc(-c2ccccc2)cc1. The first-order valence-electron chi connectivity index (χ1n) is 9.41. The zero-order chi connectivity index (χ0) is 18.5. The van der Waals surface area contributed by atoms with E-state index in [0.29, 0.717) is 12.2 Å². The number of carbonyl (C=O) groups excluding carboxylic acids is 1. The first-order chi connectivity index (χ1) is 12.8. The minimum Gasteiger partial charge on any atom is -0.293 e. The van der Waals surface area contributed by atoms with E-state index in [4.69, 9.17) is 9.78 Å². The van der Waals surface area contributed by atoms with Crippen LogP contribution in [0.25, 0.3) is 11.1 Å². The van der Waals surface area contributed by atoms with Crippen molar-refractivity contribution in [1.29, 1.82) is 0 Å². The van der Waals surface area contributed by atoms with Gasteiger partial charge in [-0.2, -0.15) is 4.89 Å². The fourth-order valence-corrected chi connectivity index (χ4v) is 2.73. The molecule has 0 atom stereocenters. The zero-order valence-electron chi connectivity index (χ0n) is 15.4. The largest absolute Gasteiger partial charge is 0.373 e. The molecule has 3 heteroatoms. The summed E-state index contributed by atoms with van der Waals surface area (Å²) in [4.78, 5) is 21.9. The molecule has 0 N–H and O–H groups in total. The molecule has 0 radical (unpaired) electrons. The van der Waals surface area contributed by atoms with Crippen molar-refractivity contribution < 1.29 is 14.6 Å². The van der Waals surface area contributed by atoms with E-state index in [0.717, 1.165) is 30.4 Å². The Kier molecular flexibility index (Phi) is 9.23. The molecule has 0 aliphatic carbocycles. The lowest BCUT2D eigenvalue weighted by molar-refractivity contribution is -0.241. The van der Waals surface area contributed by atoms with Crippen molar-refractivity contribution in [2.45, 2.75) is 44.9 Å². The van der Waals surface area contributed by atoms with Crippen molar-refractivity contribution in [2.24, 2.45) is 0 Å². The fraction of sp³-hybridized carbons (Fsp3) is 0.348. The molecule has 0 bridgehead atoms. The highest BCUT2D eigenvalue weighted by Gasteiger charge is 2.08. The summed E-state index contributed by atoms with van der Waals surface area (Å²) in [5.41, 5.74) is 2.68. The van der Waals surface area contributed by atoms with Gasteiger partial charge in [0.1, 0.15) is 0 Å². The van der Waals surface area contributed by atoms with Gasteiger partial charge in [0.15, 0.2) is 0 Å². The average molecular weight is 352 g/mol. The molecule has 0 saturated heterocycles. The minimum atomic E-state index is -0.450. The number of carbonyl (C=O) groups is 1. The molecule has 0 unspecified atom stereocenters. The van der Waals surface area contributed by atoms with Gasteiger partial charge < -0.3 is 0 Å². The van der Waals surface area contributed by atoms with Crippen LogP contribution in [0.3, 0.4) is 0 Å². The third-order valence-corrected chi connectivity index (χ3v) is 4.25. The van der Waals surface area contributed by atoms with Crippen LogP contribution >= 0.6 is 0 Å². The lowest BCUT2D eigenvalue weighted by Crippen LogP contribution is -2.07. The number of allylic oxidation sites excluding steroid dienone is 1. The van der Waals surface area contributed by atoms with Gasteiger partial charge in [-0.15, -0.1) is 6.58 Å². The van der Waals surface area contributed by atoms with E-state index in [-0.39, 0.29) is 0 Å². The van der Waals surface area contributed by atoms with Gasteiger partial charge in [0.05, 0.1) is 12.2 Å². The van der Waals surface area contributed by atoms with Crippen LogP contribution in [0.2, 0.25) is 0 Å². The first kappa shape index (κ1) is 19.9. The van der Waals surface area contributed by atoms with E-state index in [1.54, 1.807) is 12.1 Å². The summed E-state index contributed by atoms with van der Waals surface area (Å²) in [5.74, 6) is -0.450. The van der Waals surface area contributed by atoms with E-state index in [9.17, 15) is 4.79 Å². The van der Waals surface area contributed by atoms with Crippen molar-refractivity contribution >= 4 is 5.97 Å². The van der Waals surface area contributed by atoms with E-state index in [1.807, 2.05) is 48.5 Å². The molecule has 0 amide bonds. The maximum Gasteiger partial charge on any atom is 0.373 e. The smallest absolute Gasteiger partial charge is 0.293 e. The summed E-state index contributed by atoms with van der Waals surface area (Å²) >= 11 is 0. The van der Waals surface area contributed by atoms with Crippen LogP contribution in [0, 0.1) is 0 Å². The Balaban J connectivity index is 1.60. The Labute approximate surface area is 156 Å². The summed E-state index contributed by atoms with van der Waals surface area (Å²) in [6.45, 7) is 4.17. The summed E-state index contributed by atoms with van der Waals surface area (Å²) in [6.07, 6.45) is 9.97. The van der Waals surface area contributed by atoms with Gasteiger partial charge in [-0.05, 0) is 42.5 Å². The van der Waals surface area contributed by atoms with Crippen LogP contribution in [0.5, 0.6) is 0 Å². The topological polar surface area (TPSA) is 35.5 Å². The molecule has 0 fully saturated rings. The third kappa shape index (κ3) is 7.24. The molecule has 3 nitrogen and oxygen atoms in total. The van der Waals surface area contributed by atoms with Gasteiger partial charge in [-0.3, -0.25) is 4.89 Å².